The Labute approximate surface area is 162 Å². The number of hydrogen-bond acceptors (Lipinski definition) is 7. The van der Waals surface area contributed by atoms with E-state index in [1.165, 1.54) is 0 Å². The number of aromatic nitrogens is 4. The van der Waals surface area contributed by atoms with E-state index in [1.807, 2.05) is 51.1 Å². The summed E-state index contributed by atoms with van der Waals surface area (Å²) >= 11 is 0. The van der Waals surface area contributed by atoms with Crippen LogP contribution in [0.1, 0.15) is 39.1 Å². The minimum atomic E-state index is -0.545. The molecule has 144 valence electrons. The quantitative estimate of drug-likeness (QED) is 0.681. The maximum absolute atomic E-state index is 12.3. The maximum atomic E-state index is 12.3. The first-order valence-corrected chi connectivity index (χ1v) is 9.12. The van der Waals surface area contributed by atoms with Gasteiger partial charge in [0, 0.05) is 24.5 Å². The Morgan fingerprint density at radius 1 is 1.18 bits per heavy atom. The van der Waals surface area contributed by atoms with Crippen LogP contribution in [0.5, 0.6) is 0 Å². The predicted octanol–water partition coefficient (Wildman–Crippen LogP) is 3.88. The SMILES string of the molecule is CC(C)(C)OC(=O)N1CCC1c1nc(-c2ccc(-c3ccccn3)cn2)no1. The number of hydrogen-bond donors (Lipinski definition) is 0. The normalized spacial score (nSPS) is 16.5. The summed E-state index contributed by atoms with van der Waals surface area (Å²) in [5.74, 6) is 0.779. The fraction of sp³-hybridized carbons (Fsp3) is 0.350. The Morgan fingerprint density at radius 3 is 2.64 bits per heavy atom. The number of rotatable bonds is 3. The number of nitrogens with zero attached hydrogens (tertiary/aromatic N) is 5. The van der Waals surface area contributed by atoms with Crippen molar-refractivity contribution < 1.29 is 14.1 Å². The number of ether oxygens (including phenoxy) is 1. The van der Waals surface area contributed by atoms with Crippen LogP contribution in [0.2, 0.25) is 0 Å². The predicted molar refractivity (Wildman–Crippen MR) is 101 cm³/mol. The molecule has 8 heteroatoms. The first kappa shape index (κ1) is 18.1. The molecular formula is C20H21N5O3. The van der Waals surface area contributed by atoms with Gasteiger partial charge in [-0.05, 0) is 51.5 Å². The molecule has 0 aliphatic carbocycles. The monoisotopic (exact) mass is 379 g/mol. The lowest BCUT2D eigenvalue weighted by Gasteiger charge is -2.39. The van der Waals surface area contributed by atoms with Crippen molar-refractivity contribution >= 4 is 6.09 Å². The van der Waals surface area contributed by atoms with Gasteiger partial charge in [0.05, 0.1) is 5.69 Å². The van der Waals surface area contributed by atoms with Crippen LogP contribution in [-0.2, 0) is 4.74 Å². The molecule has 1 unspecified atom stereocenters. The van der Waals surface area contributed by atoms with Gasteiger partial charge >= 0.3 is 6.09 Å². The van der Waals surface area contributed by atoms with Gasteiger partial charge in [-0.3, -0.25) is 14.9 Å². The molecule has 4 rings (SSSR count). The van der Waals surface area contributed by atoms with Gasteiger partial charge in [0.15, 0.2) is 0 Å². The lowest BCUT2D eigenvalue weighted by atomic mass is 10.0. The van der Waals surface area contributed by atoms with Crippen molar-refractivity contribution in [2.24, 2.45) is 0 Å². The van der Waals surface area contributed by atoms with Gasteiger partial charge in [-0.2, -0.15) is 4.98 Å². The zero-order chi connectivity index (χ0) is 19.7. The highest BCUT2D eigenvalue weighted by Gasteiger charge is 2.39. The highest BCUT2D eigenvalue weighted by atomic mass is 16.6. The van der Waals surface area contributed by atoms with Crippen molar-refractivity contribution in [3.05, 3.63) is 48.6 Å². The molecule has 1 saturated heterocycles. The minimum Gasteiger partial charge on any atom is -0.444 e. The van der Waals surface area contributed by atoms with E-state index in [9.17, 15) is 4.79 Å². The van der Waals surface area contributed by atoms with Gasteiger partial charge in [0.1, 0.15) is 17.3 Å². The Morgan fingerprint density at radius 2 is 2.04 bits per heavy atom. The largest absolute Gasteiger partial charge is 0.444 e. The van der Waals surface area contributed by atoms with Crippen molar-refractivity contribution in [1.82, 2.24) is 25.0 Å². The van der Waals surface area contributed by atoms with E-state index in [-0.39, 0.29) is 12.1 Å². The molecule has 1 atom stereocenters. The highest BCUT2D eigenvalue weighted by Crippen LogP contribution is 2.34. The topological polar surface area (TPSA) is 94.2 Å². The molecule has 1 amide bonds. The van der Waals surface area contributed by atoms with E-state index in [4.69, 9.17) is 9.26 Å². The molecule has 1 aliphatic heterocycles. The summed E-state index contributed by atoms with van der Waals surface area (Å²) in [7, 11) is 0. The highest BCUT2D eigenvalue weighted by molar-refractivity contribution is 5.69. The second-order valence-electron chi connectivity index (χ2n) is 7.58. The Hall–Kier alpha value is -3.29. The summed E-state index contributed by atoms with van der Waals surface area (Å²) in [4.78, 5) is 27.0. The third-order valence-electron chi connectivity index (χ3n) is 4.33. The zero-order valence-electron chi connectivity index (χ0n) is 16.0. The molecule has 0 saturated carbocycles. The Kier molecular flexibility index (Phi) is 4.54. The molecule has 8 nitrogen and oxygen atoms in total. The molecule has 28 heavy (non-hydrogen) atoms. The number of carbonyl (C=O) groups excluding carboxylic acids is 1. The van der Waals surface area contributed by atoms with E-state index in [0.717, 1.165) is 17.7 Å². The third-order valence-corrected chi connectivity index (χ3v) is 4.33. The molecule has 4 heterocycles. The molecule has 0 bridgehead atoms. The lowest BCUT2D eigenvalue weighted by Crippen LogP contribution is -2.47. The van der Waals surface area contributed by atoms with Crippen molar-refractivity contribution in [3.63, 3.8) is 0 Å². The molecule has 3 aromatic rings. The second-order valence-corrected chi connectivity index (χ2v) is 7.58. The van der Waals surface area contributed by atoms with Crippen LogP contribution < -0.4 is 0 Å². The number of pyridine rings is 2. The third kappa shape index (κ3) is 3.71. The Balaban J connectivity index is 1.48. The second kappa shape index (κ2) is 7.03. The molecular weight excluding hydrogens is 358 g/mol. The van der Waals surface area contributed by atoms with E-state index < -0.39 is 5.60 Å². The van der Waals surface area contributed by atoms with E-state index in [0.29, 0.717) is 24.0 Å². The number of carbonyl (C=O) groups is 1. The molecule has 0 aromatic carbocycles. The summed E-state index contributed by atoms with van der Waals surface area (Å²) in [5, 5.41) is 4.02. The van der Waals surface area contributed by atoms with Gasteiger partial charge in [-0.15, -0.1) is 0 Å². The average Bonchev–Trinajstić information content (AvgIpc) is 3.09. The zero-order valence-corrected chi connectivity index (χ0v) is 16.0. The van der Waals surface area contributed by atoms with Crippen LogP contribution in [0.15, 0.2) is 47.2 Å². The molecule has 0 spiro atoms. The van der Waals surface area contributed by atoms with Crippen LogP contribution in [0.25, 0.3) is 22.8 Å². The van der Waals surface area contributed by atoms with Crippen LogP contribution in [0, 0.1) is 0 Å². The molecule has 0 N–H and O–H groups in total. The van der Waals surface area contributed by atoms with Crippen molar-refractivity contribution in [1.29, 1.82) is 0 Å². The summed E-state index contributed by atoms with van der Waals surface area (Å²) in [6.45, 7) is 6.12. The lowest BCUT2D eigenvalue weighted by molar-refractivity contribution is -0.0119. The van der Waals surface area contributed by atoms with E-state index in [2.05, 4.69) is 20.1 Å². The summed E-state index contributed by atoms with van der Waals surface area (Å²) in [5.41, 5.74) is 1.80. The molecule has 0 radical (unpaired) electrons. The summed E-state index contributed by atoms with van der Waals surface area (Å²) < 4.78 is 10.8. The first-order chi connectivity index (χ1) is 13.4. The van der Waals surface area contributed by atoms with Crippen molar-refractivity contribution in [2.75, 3.05) is 6.54 Å². The molecule has 1 fully saturated rings. The molecule has 1 aliphatic rings. The first-order valence-electron chi connectivity index (χ1n) is 9.12. The van der Waals surface area contributed by atoms with Crippen LogP contribution in [0.3, 0.4) is 0 Å². The van der Waals surface area contributed by atoms with E-state index in [1.54, 1.807) is 17.3 Å². The van der Waals surface area contributed by atoms with Gasteiger partial charge in [0.25, 0.3) is 0 Å². The van der Waals surface area contributed by atoms with Crippen LogP contribution >= 0.6 is 0 Å². The van der Waals surface area contributed by atoms with Gasteiger partial charge in [-0.25, -0.2) is 4.79 Å². The van der Waals surface area contributed by atoms with Crippen molar-refractivity contribution in [3.8, 4) is 22.8 Å². The fourth-order valence-corrected chi connectivity index (χ4v) is 2.87. The standard InChI is InChI=1S/C20H21N5O3/c1-20(2,3)27-19(26)25-11-9-16(25)18-23-17(24-28-18)15-8-7-13(12-22-15)14-6-4-5-10-21-14/h4-8,10,12,16H,9,11H2,1-3H3. The maximum Gasteiger partial charge on any atom is 0.410 e. The van der Waals surface area contributed by atoms with Crippen molar-refractivity contribution in [2.45, 2.75) is 38.8 Å². The van der Waals surface area contributed by atoms with Crippen LogP contribution in [-0.4, -0.2) is 43.2 Å². The fourth-order valence-electron chi connectivity index (χ4n) is 2.87. The summed E-state index contributed by atoms with van der Waals surface area (Å²) in [6, 6.07) is 9.20. The average molecular weight is 379 g/mol. The smallest absolute Gasteiger partial charge is 0.410 e. The van der Waals surface area contributed by atoms with Gasteiger partial charge in [-0.1, -0.05) is 11.2 Å². The minimum absolute atomic E-state index is 0.260. The van der Waals surface area contributed by atoms with Gasteiger partial charge < -0.3 is 9.26 Å². The summed E-state index contributed by atoms with van der Waals surface area (Å²) in [6.07, 6.45) is 3.85. The van der Waals surface area contributed by atoms with Crippen LogP contribution in [0.4, 0.5) is 4.79 Å². The Bertz CT molecular complexity index is 964. The van der Waals surface area contributed by atoms with Gasteiger partial charge in [0.2, 0.25) is 11.7 Å². The number of likely N-dealkylation sites (tertiary alicyclic amines) is 1. The van der Waals surface area contributed by atoms with E-state index >= 15 is 0 Å². The molecule has 3 aromatic heterocycles. The number of amides is 1.